The summed E-state index contributed by atoms with van der Waals surface area (Å²) in [7, 11) is 6.82. The summed E-state index contributed by atoms with van der Waals surface area (Å²) in [5.41, 5.74) is 1.19. The molecule has 1 rings (SSSR count). The van der Waals surface area contributed by atoms with Gasteiger partial charge >= 0.3 is 5.97 Å². The van der Waals surface area contributed by atoms with Crippen LogP contribution in [-0.4, -0.2) is 45.9 Å². The third-order valence-electron chi connectivity index (χ3n) is 2.22. The molecule has 0 spiro atoms. The molecule has 5 nitrogen and oxygen atoms in total. The number of hydrogen-bond donors (Lipinski definition) is 1. The lowest BCUT2D eigenvalue weighted by Gasteiger charge is -2.15. The average Bonchev–Trinajstić information content (AvgIpc) is 2.34. The zero-order chi connectivity index (χ0) is 12.8. The van der Waals surface area contributed by atoms with Crippen molar-refractivity contribution >= 4 is 11.7 Å². The number of benzene rings is 1. The zero-order valence-corrected chi connectivity index (χ0v) is 10.6. The fourth-order valence-electron chi connectivity index (χ4n) is 1.33. The van der Waals surface area contributed by atoms with E-state index in [0.29, 0.717) is 23.7 Å². The van der Waals surface area contributed by atoms with E-state index in [1.54, 1.807) is 25.3 Å². The largest absolute Gasteiger partial charge is 0.497 e. The molecule has 17 heavy (non-hydrogen) atoms. The van der Waals surface area contributed by atoms with E-state index in [9.17, 15) is 4.79 Å². The minimum Gasteiger partial charge on any atom is -0.497 e. The first-order chi connectivity index (χ1) is 8.08. The Labute approximate surface area is 101 Å². The highest BCUT2D eigenvalue weighted by molar-refractivity contribution is 5.95. The van der Waals surface area contributed by atoms with Crippen molar-refractivity contribution in [3.05, 3.63) is 23.8 Å². The topological polar surface area (TPSA) is 50.8 Å². The summed E-state index contributed by atoms with van der Waals surface area (Å²) in [5.74, 6) is 0.327. The Morgan fingerprint density at radius 3 is 2.59 bits per heavy atom. The second-order valence-corrected chi connectivity index (χ2v) is 3.82. The number of ether oxygens (including phenoxy) is 2. The molecule has 1 aromatic rings. The standard InChI is InChI=1S/C12H18N2O3/c1-14(2)8-13-11-7-9(16-3)5-6-10(11)12(15)17-4/h5-7,13H,8H2,1-4H3. The first-order valence-electron chi connectivity index (χ1n) is 5.23. The van der Waals surface area contributed by atoms with Crippen LogP contribution in [0.4, 0.5) is 5.69 Å². The fraction of sp³-hybridized carbons (Fsp3) is 0.417. The zero-order valence-electron chi connectivity index (χ0n) is 10.6. The number of nitrogens with one attached hydrogen (secondary N) is 1. The smallest absolute Gasteiger partial charge is 0.339 e. The van der Waals surface area contributed by atoms with Crippen LogP contribution in [0.25, 0.3) is 0 Å². The maximum Gasteiger partial charge on any atom is 0.339 e. The lowest BCUT2D eigenvalue weighted by molar-refractivity contribution is 0.0601. The number of hydrogen-bond acceptors (Lipinski definition) is 5. The van der Waals surface area contributed by atoms with Gasteiger partial charge < -0.3 is 14.8 Å². The van der Waals surface area contributed by atoms with Crippen molar-refractivity contribution < 1.29 is 14.3 Å². The number of anilines is 1. The Balaban J connectivity index is 2.98. The summed E-state index contributed by atoms with van der Waals surface area (Å²) in [6, 6.07) is 5.19. The highest BCUT2D eigenvalue weighted by atomic mass is 16.5. The number of esters is 1. The molecule has 94 valence electrons. The summed E-state index contributed by atoms with van der Waals surface area (Å²) in [6.45, 7) is 0.622. The molecular weight excluding hydrogens is 220 g/mol. The second-order valence-electron chi connectivity index (χ2n) is 3.82. The highest BCUT2D eigenvalue weighted by Crippen LogP contribution is 2.23. The van der Waals surface area contributed by atoms with Crippen molar-refractivity contribution in [2.45, 2.75) is 0 Å². The molecule has 0 radical (unpaired) electrons. The molecule has 0 fully saturated rings. The molecule has 1 N–H and O–H groups in total. The van der Waals surface area contributed by atoms with Crippen molar-refractivity contribution in [3.63, 3.8) is 0 Å². The minimum absolute atomic E-state index is 0.367. The molecule has 0 amide bonds. The first-order valence-corrected chi connectivity index (χ1v) is 5.23. The van der Waals surface area contributed by atoms with Gasteiger partial charge in [-0.2, -0.15) is 0 Å². The van der Waals surface area contributed by atoms with Crippen LogP contribution < -0.4 is 10.1 Å². The van der Waals surface area contributed by atoms with E-state index < -0.39 is 0 Å². The molecule has 5 heteroatoms. The summed E-state index contributed by atoms with van der Waals surface area (Å²) in [5, 5.41) is 3.15. The fourth-order valence-corrected chi connectivity index (χ4v) is 1.33. The van der Waals surface area contributed by atoms with E-state index in [1.807, 2.05) is 19.0 Å². The molecule has 0 aliphatic rings. The van der Waals surface area contributed by atoms with Gasteiger partial charge in [0.05, 0.1) is 32.1 Å². The molecule has 0 aromatic heterocycles. The van der Waals surface area contributed by atoms with Crippen LogP contribution in [0.15, 0.2) is 18.2 Å². The Kier molecular flexibility index (Phi) is 4.78. The van der Waals surface area contributed by atoms with Crippen LogP contribution in [0.5, 0.6) is 5.75 Å². The quantitative estimate of drug-likeness (QED) is 0.621. The Morgan fingerprint density at radius 1 is 1.35 bits per heavy atom. The van der Waals surface area contributed by atoms with E-state index in [1.165, 1.54) is 7.11 Å². The summed E-state index contributed by atoms with van der Waals surface area (Å²) < 4.78 is 9.85. The Hall–Kier alpha value is -1.75. The van der Waals surface area contributed by atoms with Gasteiger partial charge in [-0.3, -0.25) is 4.90 Å². The number of carbonyl (C=O) groups is 1. The predicted molar refractivity (Wildman–Crippen MR) is 66.5 cm³/mol. The molecule has 0 heterocycles. The van der Waals surface area contributed by atoms with Crippen LogP contribution in [0.3, 0.4) is 0 Å². The van der Waals surface area contributed by atoms with Crippen LogP contribution in [0, 0.1) is 0 Å². The maximum absolute atomic E-state index is 11.6. The molecule has 0 unspecified atom stereocenters. The summed E-state index contributed by atoms with van der Waals surface area (Å²) in [6.07, 6.45) is 0. The van der Waals surface area contributed by atoms with Gasteiger partial charge in [0.25, 0.3) is 0 Å². The van der Waals surface area contributed by atoms with Crippen molar-refractivity contribution in [2.75, 3.05) is 40.3 Å². The minimum atomic E-state index is -0.367. The van der Waals surface area contributed by atoms with E-state index in [0.717, 1.165) is 0 Å². The third-order valence-corrected chi connectivity index (χ3v) is 2.22. The second kappa shape index (κ2) is 6.10. The van der Waals surface area contributed by atoms with Gasteiger partial charge in [0.15, 0.2) is 0 Å². The van der Waals surface area contributed by atoms with E-state index in [4.69, 9.17) is 9.47 Å². The van der Waals surface area contributed by atoms with Crippen LogP contribution >= 0.6 is 0 Å². The van der Waals surface area contributed by atoms with Crippen LogP contribution in [0.2, 0.25) is 0 Å². The van der Waals surface area contributed by atoms with Crippen LogP contribution in [0.1, 0.15) is 10.4 Å². The van der Waals surface area contributed by atoms with Crippen molar-refractivity contribution in [3.8, 4) is 5.75 Å². The van der Waals surface area contributed by atoms with E-state index >= 15 is 0 Å². The monoisotopic (exact) mass is 238 g/mol. The van der Waals surface area contributed by atoms with Gasteiger partial charge in [-0.1, -0.05) is 0 Å². The third kappa shape index (κ3) is 3.64. The molecule has 0 bridgehead atoms. The first kappa shape index (κ1) is 13.3. The van der Waals surface area contributed by atoms with E-state index in [-0.39, 0.29) is 5.97 Å². The summed E-state index contributed by atoms with van der Waals surface area (Å²) >= 11 is 0. The molecule has 0 saturated carbocycles. The van der Waals surface area contributed by atoms with Gasteiger partial charge in [0, 0.05) is 6.07 Å². The number of carbonyl (C=O) groups excluding carboxylic acids is 1. The maximum atomic E-state index is 11.6. The number of nitrogens with zero attached hydrogens (tertiary/aromatic N) is 1. The van der Waals surface area contributed by atoms with E-state index in [2.05, 4.69) is 5.32 Å². The summed E-state index contributed by atoms with van der Waals surface area (Å²) in [4.78, 5) is 13.5. The van der Waals surface area contributed by atoms with Crippen molar-refractivity contribution in [1.29, 1.82) is 0 Å². The predicted octanol–water partition coefficient (Wildman–Crippen LogP) is 1.41. The highest BCUT2D eigenvalue weighted by Gasteiger charge is 2.12. The number of methoxy groups -OCH3 is 2. The van der Waals surface area contributed by atoms with Gasteiger partial charge in [-0.15, -0.1) is 0 Å². The van der Waals surface area contributed by atoms with Crippen LogP contribution in [-0.2, 0) is 4.74 Å². The molecular formula is C12H18N2O3. The van der Waals surface area contributed by atoms with Gasteiger partial charge in [-0.25, -0.2) is 4.79 Å². The molecule has 0 saturated heterocycles. The van der Waals surface area contributed by atoms with Crippen molar-refractivity contribution in [2.24, 2.45) is 0 Å². The van der Waals surface area contributed by atoms with Gasteiger partial charge in [-0.05, 0) is 26.2 Å². The Bertz CT molecular complexity index is 391. The SMILES string of the molecule is COC(=O)c1ccc(OC)cc1NCN(C)C. The number of rotatable bonds is 5. The molecule has 1 aromatic carbocycles. The normalized spacial score (nSPS) is 10.2. The molecule has 0 aliphatic carbocycles. The lowest BCUT2D eigenvalue weighted by Crippen LogP contribution is -2.21. The molecule has 0 aliphatic heterocycles. The van der Waals surface area contributed by atoms with Gasteiger partial charge in [0.2, 0.25) is 0 Å². The average molecular weight is 238 g/mol. The van der Waals surface area contributed by atoms with Gasteiger partial charge in [0.1, 0.15) is 5.75 Å². The Morgan fingerprint density at radius 2 is 2.06 bits per heavy atom. The lowest BCUT2D eigenvalue weighted by atomic mass is 10.1. The molecule has 0 atom stereocenters. The van der Waals surface area contributed by atoms with Crippen molar-refractivity contribution in [1.82, 2.24) is 4.90 Å².